The lowest BCUT2D eigenvalue weighted by Crippen LogP contribution is -2.44. The minimum Gasteiger partial charge on any atom is -0.398 e. The minimum absolute atomic E-state index is 0.0184. The third-order valence-electron chi connectivity index (χ3n) is 6.34. The summed E-state index contributed by atoms with van der Waals surface area (Å²) in [6.45, 7) is 3.14. The highest BCUT2D eigenvalue weighted by Gasteiger charge is 2.34. The Bertz CT molecular complexity index is 1460. The maximum Gasteiger partial charge on any atom is 0.416 e. The fraction of sp³-hybridized carbons (Fsp3) is 0.250. The number of nitrogens with zero attached hydrogens (tertiary/aromatic N) is 3. The number of hydrogen-bond donors (Lipinski definition) is 3. The fourth-order valence-corrected chi connectivity index (χ4v) is 4.13. The highest BCUT2D eigenvalue weighted by molar-refractivity contribution is 6.33. The maximum absolute atomic E-state index is 13.9. The minimum atomic E-state index is -4.57. The number of nitrogens with one attached hydrogen (secondary N) is 2. The van der Waals surface area contributed by atoms with Crippen molar-refractivity contribution in [2.24, 2.45) is 0 Å². The average Bonchev–Trinajstić information content (AvgIpc) is 2.90. The van der Waals surface area contributed by atoms with E-state index < -0.39 is 17.6 Å². The fourth-order valence-electron chi connectivity index (χ4n) is 4.13. The number of carbonyl (C=O) groups is 1. The molecule has 1 aliphatic heterocycles. The molecule has 11 heteroatoms. The van der Waals surface area contributed by atoms with Crippen LogP contribution in [0.3, 0.4) is 0 Å². The van der Waals surface area contributed by atoms with E-state index in [1.807, 2.05) is 11.9 Å². The summed E-state index contributed by atoms with van der Waals surface area (Å²) >= 11 is 0. The number of amides is 1. The van der Waals surface area contributed by atoms with Gasteiger partial charge < -0.3 is 16.0 Å². The number of nitrogen functional groups attached to an aromatic ring is 1. The van der Waals surface area contributed by atoms with Gasteiger partial charge in [0.15, 0.2) is 0 Å². The lowest BCUT2D eigenvalue weighted by atomic mass is 9.92. The van der Waals surface area contributed by atoms with Crippen molar-refractivity contribution in [2.75, 3.05) is 44.3 Å². The molecule has 3 aromatic rings. The van der Waals surface area contributed by atoms with Crippen LogP contribution in [0.5, 0.6) is 0 Å². The number of carbonyl (C=O) groups excluding carboxylic acids is 1. The number of anilines is 2. The monoisotopic (exact) mass is 530 g/mol. The number of likely N-dealkylation sites (N-methyl/N-ethyl adjacent to an activating group) is 1. The molecule has 0 bridgehead atoms. The quantitative estimate of drug-likeness (QED) is 0.204. The van der Waals surface area contributed by atoms with Crippen molar-refractivity contribution in [3.63, 3.8) is 0 Å². The number of rotatable bonds is 5. The molecule has 1 aromatic heterocycles. The summed E-state index contributed by atoms with van der Waals surface area (Å²) < 4.78 is 41.6. The summed E-state index contributed by atoms with van der Waals surface area (Å²) in [5.41, 5.74) is 6.83. The SMILES string of the molecule is [B]c1ccc(N)c(C(=N)C#Cc2cncc(C(=O)Nc3ccc(CN4CCN(C)CC4)c(C(F)(F)F)c3)c2)c1. The lowest BCUT2D eigenvalue weighted by Gasteiger charge is -2.33. The predicted molar refractivity (Wildman–Crippen MR) is 146 cm³/mol. The van der Waals surface area contributed by atoms with Gasteiger partial charge in [0.1, 0.15) is 13.6 Å². The van der Waals surface area contributed by atoms with Gasteiger partial charge in [-0.05, 0) is 42.8 Å². The second kappa shape index (κ2) is 11.7. The summed E-state index contributed by atoms with van der Waals surface area (Å²) in [5.74, 6) is 4.78. The van der Waals surface area contributed by atoms with Crippen LogP contribution in [-0.2, 0) is 12.7 Å². The van der Waals surface area contributed by atoms with Gasteiger partial charge in [-0.2, -0.15) is 13.2 Å². The largest absolute Gasteiger partial charge is 0.416 e. The molecule has 1 amide bonds. The molecule has 2 radical (unpaired) electrons. The summed E-state index contributed by atoms with van der Waals surface area (Å²) in [4.78, 5) is 21.0. The number of hydrogen-bond acceptors (Lipinski definition) is 6. The van der Waals surface area contributed by atoms with Gasteiger partial charge in [0.05, 0.1) is 11.1 Å². The highest BCUT2D eigenvalue weighted by Crippen LogP contribution is 2.34. The molecule has 7 nitrogen and oxygen atoms in total. The van der Waals surface area contributed by atoms with Crippen LogP contribution in [-0.4, -0.2) is 67.5 Å². The molecule has 2 aromatic carbocycles. The van der Waals surface area contributed by atoms with Crippen molar-refractivity contribution in [1.82, 2.24) is 14.8 Å². The molecule has 1 aliphatic rings. The van der Waals surface area contributed by atoms with Crippen LogP contribution in [0.25, 0.3) is 0 Å². The van der Waals surface area contributed by atoms with Crippen molar-refractivity contribution in [2.45, 2.75) is 12.7 Å². The number of aromatic nitrogens is 1. The molecule has 0 spiro atoms. The second-order valence-corrected chi connectivity index (χ2v) is 9.34. The molecule has 4 N–H and O–H groups in total. The van der Waals surface area contributed by atoms with Gasteiger partial charge in [0.2, 0.25) is 0 Å². The lowest BCUT2D eigenvalue weighted by molar-refractivity contribution is -0.138. The summed E-state index contributed by atoms with van der Waals surface area (Å²) in [7, 11) is 7.74. The Morgan fingerprint density at radius 1 is 1.13 bits per heavy atom. The summed E-state index contributed by atoms with van der Waals surface area (Å²) in [6.07, 6.45) is -1.88. The number of pyridine rings is 1. The van der Waals surface area contributed by atoms with Gasteiger partial charge in [-0.3, -0.25) is 20.1 Å². The normalized spacial score (nSPS) is 14.4. The van der Waals surface area contributed by atoms with Gasteiger partial charge in [-0.15, -0.1) is 0 Å². The van der Waals surface area contributed by atoms with E-state index in [0.717, 1.165) is 19.2 Å². The van der Waals surface area contributed by atoms with E-state index in [1.54, 1.807) is 18.2 Å². The molecule has 0 unspecified atom stereocenters. The molecule has 1 saturated heterocycles. The number of nitrogens with two attached hydrogens (primary N) is 1. The van der Waals surface area contributed by atoms with Gasteiger partial charge in [-0.1, -0.05) is 29.6 Å². The van der Waals surface area contributed by atoms with E-state index in [1.165, 1.54) is 30.6 Å². The smallest absolute Gasteiger partial charge is 0.398 e. The molecule has 0 aliphatic carbocycles. The van der Waals surface area contributed by atoms with E-state index in [2.05, 4.69) is 27.0 Å². The Labute approximate surface area is 226 Å². The van der Waals surface area contributed by atoms with E-state index in [-0.39, 0.29) is 29.1 Å². The topological polar surface area (TPSA) is 98.3 Å². The molecule has 39 heavy (non-hydrogen) atoms. The third-order valence-corrected chi connectivity index (χ3v) is 6.34. The van der Waals surface area contributed by atoms with Crippen LogP contribution in [0.4, 0.5) is 24.5 Å². The molecule has 0 atom stereocenters. The summed E-state index contributed by atoms with van der Waals surface area (Å²) in [6, 6.07) is 10.0. The Morgan fingerprint density at radius 3 is 2.59 bits per heavy atom. The molecular weight excluding hydrogens is 504 g/mol. The zero-order valence-electron chi connectivity index (χ0n) is 21.3. The van der Waals surface area contributed by atoms with Crippen molar-refractivity contribution >= 4 is 36.3 Å². The molecule has 2 heterocycles. The van der Waals surface area contributed by atoms with Crippen molar-refractivity contribution in [3.05, 3.63) is 82.7 Å². The van der Waals surface area contributed by atoms with E-state index >= 15 is 0 Å². The molecule has 1 fully saturated rings. The van der Waals surface area contributed by atoms with Crippen molar-refractivity contribution in [1.29, 1.82) is 5.41 Å². The number of alkyl halides is 3. The van der Waals surface area contributed by atoms with Crippen LogP contribution in [0.1, 0.15) is 32.6 Å². The molecule has 198 valence electrons. The first kappa shape index (κ1) is 27.9. The Kier molecular flexibility index (Phi) is 8.38. The van der Waals surface area contributed by atoms with E-state index in [9.17, 15) is 18.0 Å². The van der Waals surface area contributed by atoms with Crippen molar-refractivity contribution < 1.29 is 18.0 Å². The number of halogens is 3. The molecule has 4 rings (SSSR count). The molecule has 0 saturated carbocycles. The Hall–Kier alpha value is -4.14. The van der Waals surface area contributed by atoms with Crippen molar-refractivity contribution in [3.8, 4) is 11.8 Å². The number of piperazine rings is 1. The first-order chi connectivity index (χ1) is 18.5. The highest BCUT2D eigenvalue weighted by atomic mass is 19.4. The summed E-state index contributed by atoms with van der Waals surface area (Å²) in [5, 5.41) is 10.7. The second-order valence-electron chi connectivity index (χ2n) is 9.34. The van der Waals surface area contributed by atoms with Crippen LogP contribution in [0, 0.1) is 17.3 Å². The van der Waals surface area contributed by atoms with Crippen LogP contribution < -0.4 is 16.5 Å². The van der Waals surface area contributed by atoms with Crippen LogP contribution >= 0.6 is 0 Å². The predicted octanol–water partition coefficient (Wildman–Crippen LogP) is 2.90. The third kappa shape index (κ3) is 7.25. The average molecular weight is 530 g/mol. The first-order valence-electron chi connectivity index (χ1n) is 12.1. The van der Waals surface area contributed by atoms with Gasteiger partial charge in [0, 0.05) is 67.6 Å². The Morgan fingerprint density at radius 2 is 1.87 bits per heavy atom. The van der Waals surface area contributed by atoms with E-state index in [0.29, 0.717) is 35.4 Å². The van der Waals surface area contributed by atoms with E-state index in [4.69, 9.17) is 19.0 Å². The van der Waals surface area contributed by atoms with Gasteiger partial charge >= 0.3 is 6.18 Å². The molecular formula is C28H26BF3N6O. The Balaban J connectivity index is 1.49. The zero-order valence-corrected chi connectivity index (χ0v) is 21.3. The van der Waals surface area contributed by atoms with Gasteiger partial charge in [-0.25, -0.2) is 0 Å². The first-order valence-corrected chi connectivity index (χ1v) is 12.1. The van der Waals surface area contributed by atoms with Gasteiger partial charge in [0.25, 0.3) is 5.91 Å². The maximum atomic E-state index is 13.9. The zero-order chi connectivity index (χ0) is 28.2. The standard InChI is InChI=1S/C28H26BF3N6O/c1-37-8-10-38(11-9-37)17-19-3-5-22(14-24(19)28(30,31)32)36-27(39)20-12-18(15-35-16-20)2-6-25(33)23-13-21(29)4-7-26(23)34/h3-5,7,12-16,33H,8-11,17,34H2,1H3,(H,36,39). The van der Waals surface area contributed by atoms with Crippen LogP contribution in [0.15, 0.2) is 54.9 Å². The number of benzene rings is 2. The van der Waals surface area contributed by atoms with Crippen LogP contribution in [0.2, 0.25) is 0 Å².